The Kier molecular flexibility index (Phi) is 2.56. The van der Waals surface area contributed by atoms with Crippen LogP contribution in [0, 0.1) is 0 Å². The summed E-state index contributed by atoms with van der Waals surface area (Å²) in [6, 6.07) is 7.30. The SMILES string of the molecule is CCn1cnc2cc(-c3cc(C(=O)O)[nH]n3)ccc21. The lowest BCUT2D eigenvalue weighted by atomic mass is 10.1. The maximum Gasteiger partial charge on any atom is 0.353 e. The molecule has 0 saturated heterocycles. The van der Waals surface area contributed by atoms with Crippen molar-refractivity contribution in [1.82, 2.24) is 19.7 Å². The van der Waals surface area contributed by atoms with Crippen LogP contribution >= 0.6 is 0 Å². The highest BCUT2D eigenvalue weighted by atomic mass is 16.4. The Morgan fingerprint density at radius 3 is 2.95 bits per heavy atom. The van der Waals surface area contributed by atoms with E-state index in [2.05, 4.69) is 22.1 Å². The normalized spacial score (nSPS) is 11.0. The molecule has 6 heteroatoms. The Morgan fingerprint density at radius 2 is 2.26 bits per heavy atom. The highest BCUT2D eigenvalue weighted by Gasteiger charge is 2.10. The molecule has 1 aromatic carbocycles. The number of hydrogen-bond acceptors (Lipinski definition) is 3. The molecule has 0 aliphatic rings. The van der Waals surface area contributed by atoms with Crippen molar-refractivity contribution >= 4 is 17.0 Å². The summed E-state index contributed by atoms with van der Waals surface area (Å²) < 4.78 is 2.05. The van der Waals surface area contributed by atoms with Gasteiger partial charge in [-0.05, 0) is 25.1 Å². The largest absolute Gasteiger partial charge is 0.477 e. The fourth-order valence-electron chi connectivity index (χ4n) is 2.05. The van der Waals surface area contributed by atoms with Crippen LogP contribution in [0.25, 0.3) is 22.3 Å². The number of aromatic amines is 1. The Balaban J connectivity index is 2.07. The van der Waals surface area contributed by atoms with E-state index in [1.165, 1.54) is 6.07 Å². The molecular weight excluding hydrogens is 244 g/mol. The van der Waals surface area contributed by atoms with Crippen molar-refractivity contribution in [2.75, 3.05) is 0 Å². The molecule has 96 valence electrons. The number of benzene rings is 1. The third-order valence-corrected chi connectivity index (χ3v) is 3.07. The average molecular weight is 256 g/mol. The van der Waals surface area contributed by atoms with E-state index in [4.69, 9.17) is 5.11 Å². The van der Waals surface area contributed by atoms with E-state index in [1.54, 1.807) is 6.33 Å². The van der Waals surface area contributed by atoms with E-state index in [-0.39, 0.29) is 5.69 Å². The van der Waals surface area contributed by atoms with Gasteiger partial charge < -0.3 is 9.67 Å². The third kappa shape index (κ3) is 1.87. The zero-order valence-electron chi connectivity index (χ0n) is 10.3. The first-order chi connectivity index (χ1) is 9.19. The zero-order valence-corrected chi connectivity index (χ0v) is 10.3. The Morgan fingerprint density at radius 1 is 1.42 bits per heavy atom. The second kappa shape index (κ2) is 4.24. The second-order valence-corrected chi connectivity index (χ2v) is 4.21. The van der Waals surface area contributed by atoms with E-state index in [0.717, 1.165) is 23.1 Å². The Labute approximate surface area is 108 Å². The number of imidazole rings is 1. The molecule has 0 radical (unpaired) electrons. The van der Waals surface area contributed by atoms with Gasteiger partial charge in [-0.15, -0.1) is 0 Å². The minimum atomic E-state index is -1.02. The van der Waals surface area contributed by atoms with Crippen molar-refractivity contribution in [1.29, 1.82) is 0 Å². The lowest BCUT2D eigenvalue weighted by Crippen LogP contribution is -1.95. The van der Waals surface area contributed by atoms with Crippen LogP contribution in [0.1, 0.15) is 17.4 Å². The fourth-order valence-corrected chi connectivity index (χ4v) is 2.05. The number of carbonyl (C=O) groups is 1. The predicted molar refractivity (Wildman–Crippen MR) is 69.9 cm³/mol. The molecule has 0 amide bonds. The molecule has 0 fully saturated rings. The van der Waals surface area contributed by atoms with Gasteiger partial charge in [-0.25, -0.2) is 9.78 Å². The van der Waals surface area contributed by atoms with Gasteiger partial charge >= 0.3 is 5.97 Å². The van der Waals surface area contributed by atoms with Crippen molar-refractivity contribution in [3.8, 4) is 11.3 Å². The van der Waals surface area contributed by atoms with Gasteiger partial charge in [-0.2, -0.15) is 5.10 Å². The molecule has 2 N–H and O–H groups in total. The molecule has 2 heterocycles. The lowest BCUT2D eigenvalue weighted by molar-refractivity contribution is 0.0690. The van der Waals surface area contributed by atoms with Gasteiger partial charge in [0.15, 0.2) is 0 Å². The number of nitrogens with zero attached hydrogens (tertiary/aromatic N) is 3. The summed E-state index contributed by atoms with van der Waals surface area (Å²) >= 11 is 0. The number of rotatable bonds is 3. The van der Waals surface area contributed by atoms with Crippen LogP contribution in [0.2, 0.25) is 0 Å². The molecule has 3 rings (SSSR count). The molecule has 0 atom stereocenters. The maximum atomic E-state index is 10.8. The third-order valence-electron chi connectivity index (χ3n) is 3.07. The van der Waals surface area contributed by atoms with Crippen LogP contribution in [-0.4, -0.2) is 30.8 Å². The first kappa shape index (κ1) is 11.5. The summed E-state index contributed by atoms with van der Waals surface area (Å²) in [6.07, 6.45) is 1.79. The van der Waals surface area contributed by atoms with E-state index in [0.29, 0.717) is 5.69 Å². The quantitative estimate of drug-likeness (QED) is 0.752. The molecule has 0 aliphatic heterocycles. The summed E-state index contributed by atoms with van der Waals surface area (Å²) in [5.41, 5.74) is 3.46. The Bertz CT molecular complexity index is 757. The fraction of sp³-hybridized carbons (Fsp3) is 0.154. The second-order valence-electron chi connectivity index (χ2n) is 4.21. The lowest BCUT2D eigenvalue weighted by Gasteiger charge is -2.00. The van der Waals surface area contributed by atoms with E-state index in [1.807, 2.05) is 22.8 Å². The average Bonchev–Trinajstić information content (AvgIpc) is 3.04. The van der Waals surface area contributed by atoms with Crippen molar-refractivity contribution in [3.63, 3.8) is 0 Å². The molecule has 0 bridgehead atoms. The molecule has 3 aromatic rings. The van der Waals surface area contributed by atoms with E-state index < -0.39 is 5.97 Å². The van der Waals surface area contributed by atoms with Gasteiger partial charge in [-0.1, -0.05) is 6.07 Å². The summed E-state index contributed by atoms with van der Waals surface area (Å²) in [5, 5.41) is 15.4. The Hall–Kier alpha value is -2.63. The molecule has 2 aromatic heterocycles. The summed E-state index contributed by atoms with van der Waals surface area (Å²) in [4.78, 5) is 15.1. The van der Waals surface area contributed by atoms with Crippen molar-refractivity contribution < 1.29 is 9.90 Å². The first-order valence-corrected chi connectivity index (χ1v) is 5.93. The molecule has 0 spiro atoms. The van der Waals surface area contributed by atoms with Gasteiger partial charge in [0.1, 0.15) is 5.69 Å². The topological polar surface area (TPSA) is 83.8 Å². The smallest absolute Gasteiger partial charge is 0.353 e. The molecule has 0 saturated carbocycles. The van der Waals surface area contributed by atoms with Crippen molar-refractivity contribution in [2.24, 2.45) is 0 Å². The van der Waals surface area contributed by atoms with Crippen LogP contribution in [-0.2, 0) is 6.54 Å². The number of carboxylic acid groups (broad SMARTS) is 1. The van der Waals surface area contributed by atoms with Crippen LogP contribution in [0.3, 0.4) is 0 Å². The standard InChI is InChI=1S/C13H12N4O2/c1-2-17-7-14-10-5-8(3-4-12(10)17)9-6-11(13(18)19)16-15-9/h3-7H,2H2,1H3,(H,15,16)(H,18,19). The number of aryl methyl sites for hydroxylation is 1. The van der Waals surface area contributed by atoms with E-state index >= 15 is 0 Å². The monoisotopic (exact) mass is 256 g/mol. The number of hydrogen-bond donors (Lipinski definition) is 2. The minimum Gasteiger partial charge on any atom is -0.477 e. The summed E-state index contributed by atoms with van der Waals surface area (Å²) in [5.74, 6) is -1.02. The van der Waals surface area contributed by atoms with Crippen LogP contribution < -0.4 is 0 Å². The van der Waals surface area contributed by atoms with Gasteiger partial charge in [-0.3, -0.25) is 5.10 Å². The minimum absolute atomic E-state index is 0.0779. The summed E-state index contributed by atoms with van der Waals surface area (Å²) in [7, 11) is 0. The van der Waals surface area contributed by atoms with Crippen molar-refractivity contribution in [2.45, 2.75) is 13.5 Å². The summed E-state index contributed by atoms with van der Waals surface area (Å²) in [6.45, 7) is 2.92. The van der Waals surface area contributed by atoms with Crippen LogP contribution in [0.4, 0.5) is 0 Å². The van der Waals surface area contributed by atoms with Crippen molar-refractivity contribution in [3.05, 3.63) is 36.3 Å². The van der Waals surface area contributed by atoms with Gasteiger partial charge in [0.2, 0.25) is 0 Å². The molecule has 0 aliphatic carbocycles. The number of aromatic nitrogens is 4. The molecule has 19 heavy (non-hydrogen) atoms. The van der Waals surface area contributed by atoms with Gasteiger partial charge in [0.05, 0.1) is 23.1 Å². The number of carboxylic acids is 1. The van der Waals surface area contributed by atoms with Gasteiger partial charge in [0, 0.05) is 12.1 Å². The zero-order chi connectivity index (χ0) is 13.4. The number of fused-ring (bicyclic) bond motifs is 1. The highest BCUT2D eigenvalue weighted by Crippen LogP contribution is 2.22. The predicted octanol–water partition coefficient (Wildman–Crippen LogP) is 2.14. The molecule has 0 unspecified atom stereocenters. The number of nitrogens with one attached hydrogen (secondary N) is 1. The van der Waals surface area contributed by atoms with Crippen LogP contribution in [0.5, 0.6) is 0 Å². The maximum absolute atomic E-state index is 10.8. The van der Waals surface area contributed by atoms with Crippen LogP contribution in [0.15, 0.2) is 30.6 Å². The number of H-pyrrole nitrogens is 1. The highest BCUT2D eigenvalue weighted by molar-refractivity contribution is 5.88. The first-order valence-electron chi connectivity index (χ1n) is 5.93. The number of aromatic carboxylic acids is 1. The molecular formula is C13H12N4O2. The van der Waals surface area contributed by atoms with Gasteiger partial charge in [0.25, 0.3) is 0 Å². The van der Waals surface area contributed by atoms with E-state index in [9.17, 15) is 4.79 Å². The molecule has 6 nitrogen and oxygen atoms in total.